The van der Waals surface area contributed by atoms with Crippen LogP contribution < -0.4 is 5.48 Å². The van der Waals surface area contributed by atoms with Crippen molar-refractivity contribution in [1.82, 2.24) is 10.0 Å². The third kappa shape index (κ3) is 6.13. The molecule has 31 heavy (non-hydrogen) atoms. The average molecular weight is 490 g/mol. The second-order valence-corrected chi connectivity index (χ2v) is 8.97. The van der Waals surface area contributed by atoms with Crippen molar-refractivity contribution in [2.45, 2.75) is 39.0 Å². The largest absolute Gasteiger partial charge is 0.443 e. The number of nitrogens with zero attached hydrogens (tertiary/aromatic N) is 2. The van der Waals surface area contributed by atoms with Crippen LogP contribution in [0.3, 0.4) is 0 Å². The lowest BCUT2D eigenvalue weighted by Gasteiger charge is -2.19. The van der Waals surface area contributed by atoms with E-state index in [0.29, 0.717) is 16.5 Å². The maximum absolute atomic E-state index is 12.8. The standard InChI is InChI=1S/C22H24BrN3O5/c1-22(2,3)31-21(27)25-12-18(17-11-16(23)9-10-20(17)25)19(13-26(28)29)24-30-14-15-7-5-4-6-8-15/h4-12,19,24H,13-14H2,1-3H3. The molecule has 1 atom stereocenters. The zero-order chi connectivity index (χ0) is 22.6. The van der Waals surface area contributed by atoms with Crippen molar-refractivity contribution in [2.24, 2.45) is 0 Å². The van der Waals surface area contributed by atoms with E-state index in [-0.39, 0.29) is 6.61 Å². The number of hydroxylamine groups is 1. The van der Waals surface area contributed by atoms with Crippen LogP contribution in [0.25, 0.3) is 10.9 Å². The molecule has 1 N–H and O–H groups in total. The van der Waals surface area contributed by atoms with Crippen molar-refractivity contribution in [3.63, 3.8) is 0 Å². The average Bonchev–Trinajstić information content (AvgIpc) is 3.05. The number of nitrogens with one attached hydrogen (secondary N) is 1. The van der Waals surface area contributed by atoms with E-state index in [4.69, 9.17) is 9.57 Å². The summed E-state index contributed by atoms with van der Waals surface area (Å²) in [6, 6.07) is 14.1. The number of benzene rings is 2. The molecule has 2 aromatic carbocycles. The Labute approximate surface area is 188 Å². The number of hydrogen-bond acceptors (Lipinski definition) is 6. The summed E-state index contributed by atoms with van der Waals surface area (Å²) in [5, 5.41) is 12.0. The Morgan fingerprint density at radius 2 is 1.94 bits per heavy atom. The smallest absolute Gasteiger partial charge is 0.419 e. The van der Waals surface area contributed by atoms with Gasteiger partial charge < -0.3 is 4.74 Å². The number of carbonyl (C=O) groups is 1. The minimum atomic E-state index is -0.779. The molecular weight excluding hydrogens is 466 g/mol. The van der Waals surface area contributed by atoms with E-state index in [2.05, 4.69) is 21.4 Å². The fourth-order valence-corrected chi connectivity index (χ4v) is 3.48. The molecule has 0 fully saturated rings. The van der Waals surface area contributed by atoms with Gasteiger partial charge in [0, 0.05) is 26.5 Å². The molecule has 0 aliphatic carbocycles. The molecule has 3 aromatic rings. The summed E-state index contributed by atoms with van der Waals surface area (Å²) < 4.78 is 7.66. The predicted octanol–water partition coefficient (Wildman–Crippen LogP) is 5.23. The van der Waals surface area contributed by atoms with E-state index < -0.39 is 29.2 Å². The molecule has 1 heterocycles. The fourth-order valence-electron chi connectivity index (χ4n) is 3.12. The molecule has 164 valence electrons. The van der Waals surface area contributed by atoms with Gasteiger partial charge in [0.25, 0.3) is 0 Å². The summed E-state index contributed by atoms with van der Waals surface area (Å²) in [5.74, 6) is 0. The van der Waals surface area contributed by atoms with Crippen molar-refractivity contribution in [3.8, 4) is 0 Å². The van der Waals surface area contributed by atoms with Gasteiger partial charge in [0.05, 0.1) is 12.1 Å². The number of nitro groups is 1. The Balaban J connectivity index is 1.94. The normalized spacial score (nSPS) is 12.6. The Hall–Kier alpha value is -2.75. The van der Waals surface area contributed by atoms with Gasteiger partial charge in [0.15, 0.2) is 0 Å². The Kier molecular flexibility index (Phi) is 7.09. The van der Waals surface area contributed by atoms with Gasteiger partial charge in [-0.2, -0.15) is 5.48 Å². The van der Waals surface area contributed by atoms with Crippen molar-refractivity contribution in [2.75, 3.05) is 6.54 Å². The summed E-state index contributed by atoms with van der Waals surface area (Å²) in [4.78, 5) is 29.3. The van der Waals surface area contributed by atoms with Gasteiger partial charge in [-0.05, 0) is 44.5 Å². The van der Waals surface area contributed by atoms with Crippen LogP contribution in [0.5, 0.6) is 0 Å². The quantitative estimate of drug-likeness (QED) is 0.360. The van der Waals surface area contributed by atoms with Crippen LogP contribution in [-0.4, -0.2) is 27.7 Å². The van der Waals surface area contributed by atoms with Gasteiger partial charge in [0.1, 0.15) is 11.6 Å². The predicted molar refractivity (Wildman–Crippen MR) is 120 cm³/mol. The highest BCUT2D eigenvalue weighted by atomic mass is 79.9. The number of hydrogen-bond donors (Lipinski definition) is 1. The van der Waals surface area contributed by atoms with Crippen molar-refractivity contribution in [1.29, 1.82) is 0 Å². The van der Waals surface area contributed by atoms with Gasteiger partial charge in [0.2, 0.25) is 6.54 Å². The summed E-state index contributed by atoms with van der Waals surface area (Å²) >= 11 is 3.43. The second-order valence-electron chi connectivity index (χ2n) is 8.06. The summed E-state index contributed by atoms with van der Waals surface area (Å²) in [5.41, 5.74) is 4.20. The molecule has 9 heteroatoms. The van der Waals surface area contributed by atoms with E-state index >= 15 is 0 Å². The molecule has 0 saturated heterocycles. The van der Waals surface area contributed by atoms with E-state index in [1.54, 1.807) is 39.1 Å². The van der Waals surface area contributed by atoms with Crippen LogP contribution in [0.4, 0.5) is 4.79 Å². The highest BCUT2D eigenvalue weighted by Crippen LogP contribution is 2.30. The SMILES string of the molecule is CC(C)(C)OC(=O)n1cc(C(C[N+](=O)[O-])NOCc2ccccc2)c2cc(Br)ccc21. The number of ether oxygens (including phenoxy) is 1. The lowest BCUT2D eigenvalue weighted by molar-refractivity contribution is -0.486. The third-order valence-corrected chi connectivity index (χ3v) is 4.90. The second kappa shape index (κ2) is 9.59. The highest BCUT2D eigenvalue weighted by Gasteiger charge is 2.26. The Morgan fingerprint density at radius 3 is 2.58 bits per heavy atom. The number of fused-ring (bicyclic) bond motifs is 1. The first-order valence-electron chi connectivity index (χ1n) is 9.71. The molecule has 0 spiro atoms. The summed E-state index contributed by atoms with van der Waals surface area (Å²) in [6.45, 7) is 5.16. The lowest BCUT2D eigenvalue weighted by Crippen LogP contribution is -2.28. The number of aromatic nitrogens is 1. The van der Waals surface area contributed by atoms with Crippen molar-refractivity contribution >= 4 is 32.9 Å². The maximum atomic E-state index is 12.8. The van der Waals surface area contributed by atoms with E-state index in [1.165, 1.54) is 4.57 Å². The third-order valence-electron chi connectivity index (χ3n) is 4.40. The zero-order valence-electron chi connectivity index (χ0n) is 17.5. The molecule has 0 aliphatic rings. The van der Waals surface area contributed by atoms with E-state index in [1.807, 2.05) is 36.4 Å². The molecule has 1 aromatic heterocycles. The molecule has 0 radical (unpaired) electrons. The highest BCUT2D eigenvalue weighted by molar-refractivity contribution is 9.10. The Morgan fingerprint density at radius 1 is 1.23 bits per heavy atom. The monoisotopic (exact) mass is 489 g/mol. The van der Waals surface area contributed by atoms with Crippen LogP contribution in [0.1, 0.15) is 37.9 Å². The summed E-state index contributed by atoms with van der Waals surface area (Å²) in [6.07, 6.45) is 1.01. The van der Waals surface area contributed by atoms with Gasteiger partial charge in [-0.15, -0.1) is 0 Å². The van der Waals surface area contributed by atoms with Crippen LogP contribution in [0.15, 0.2) is 59.2 Å². The molecule has 0 saturated carbocycles. The van der Waals surface area contributed by atoms with E-state index in [9.17, 15) is 14.9 Å². The topological polar surface area (TPSA) is 95.6 Å². The number of carbonyl (C=O) groups excluding carboxylic acids is 1. The van der Waals surface area contributed by atoms with Gasteiger partial charge in [-0.1, -0.05) is 46.3 Å². The molecule has 0 amide bonds. The zero-order valence-corrected chi connectivity index (χ0v) is 19.1. The molecule has 0 bridgehead atoms. The van der Waals surface area contributed by atoms with Crippen molar-refractivity contribution < 1.29 is 19.3 Å². The molecular formula is C22H24BrN3O5. The molecule has 3 rings (SSSR count). The van der Waals surface area contributed by atoms with Crippen LogP contribution in [0.2, 0.25) is 0 Å². The number of rotatable bonds is 7. The van der Waals surface area contributed by atoms with Gasteiger partial charge in [-0.3, -0.25) is 19.5 Å². The van der Waals surface area contributed by atoms with Crippen LogP contribution in [0, 0.1) is 10.1 Å². The minimum absolute atomic E-state index is 0.240. The minimum Gasteiger partial charge on any atom is -0.443 e. The van der Waals surface area contributed by atoms with Crippen LogP contribution in [-0.2, 0) is 16.2 Å². The lowest BCUT2D eigenvalue weighted by atomic mass is 10.1. The first kappa shape index (κ1) is 22.9. The molecule has 1 unspecified atom stereocenters. The van der Waals surface area contributed by atoms with Crippen LogP contribution >= 0.6 is 15.9 Å². The first-order chi connectivity index (χ1) is 14.6. The maximum Gasteiger partial charge on any atom is 0.419 e. The fraction of sp³-hybridized carbons (Fsp3) is 0.318. The van der Waals surface area contributed by atoms with Gasteiger partial charge in [-0.25, -0.2) is 4.79 Å². The van der Waals surface area contributed by atoms with E-state index in [0.717, 1.165) is 10.0 Å². The molecule has 0 aliphatic heterocycles. The number of halogens is 1. The molecule has 8 nitrogen and oxygen atoms in total. The van der Waals surface area contributed by atoms with Gasteiger partial charge >= 0.3 is 6.09 Å². The van der Waals surface area contributed by atoms with Crippen molar-refractivity contribution in [3.05, 3.63) is 80.4 Å². The Bertz CT molecular complexity index is 1080. The summed E-state index contributed by atoms with van der Waals surface area (Å²) in [7, 11) is 0. The first-order valence-corrected chi connectivity index (χ1v) is 10.5.